The molecule has 1 aromatic carbocycles. The summed E-state index contributed by atoms with van der Waals surface area (Å²) in [5, 5.41) is 2.49. The van der Waals surface area contributed by atoms with E-state index in [9.17, 15) is 24.0 Å². The van der Waals surface area contributed by atoms with Gasteiger partial charge >= 0.3 is 12.0 Å². The fourth-order valence-corrected chi connectivity index (χ4v) is 3.70. The van der Waals surface area contributed by atoms with Gasteiger partial charge in [0.05, 0.1) is 11.1 Å². The molecular formula is C18H19N3O6S. The summed E-state index contributed by atoms with van der Waals surface area (Å²) >= 11 is 1.26. The van der Waals surface area contributed by atoms with Crippen LogP contribution in [0.3, 0.4) is 0 Å². The topological polar surface area (TPSA) is 113 Å². The van der Waals surface area contributed by atoms with Gasteiger partial charge in [0.1, 0.15) is 6.04 Å². The van der Waals surface area contributed by atoms with Gasteiger partial charge < -0.3 is 10.1 Å². The van der Waals surface area contributed by atoms with Gasteiger partial charge in [0.25, 0.3) is 17.7 Å². The van der Waals surface area contributed by atoms with Gasteiger partial charge in [-0.15, -0.1) is 0 Å². The van der Waals surface area contributed by atoms with Crippen molar-refractivity contribution in [1.82, 2.24) is 15.1 Å². The Balaban J connectivity index is 1.76. The van der Waals surface area contributed by atoms with E-state index in [-0.39, 0.29) is 23.4 Å². The number of nitrogens with one attached hydrogen (secondary N) is 1. The highest BCUT2D eigenvalue weighted by molar-refractivity contribution is 7.98. The average molecular weight is 405 g/mol. The molecule has 148 valence electrons. The summed E-state index contributed by atoms with van der Waals surface area (Å²) in [7, 11) is 0. The van der Waals surface area contributed by atoms with Crippen LogP contribution in [0.4, 0.5) is 4.79 Å². The van der Waals surface area contributed by atoms with E-state index < -0.39 is 41.9 Å². The first kappa shape index (κ1) is 19.9. The smallest absolute Gasteiger partial charge is 0.331 e. The van der Waals surface area contributed by atoms with Crippen LogP contribution < -0.4 is 5.32 Å². The number of benzene rings is 1. The molecule has 1 saturated heterocycles. The van der Waals surface area contributed by atoms with Crippen molar-refractivity contribution >= 4 is 41.5 Å². The average Bonchev–Trinajstić information content (AvgIpc) is 3.21. The lowest BCUT2D eigenvalue weighted by Gasteiger charge is -2.26. The zero-order chi connectivity index (χ0) is 20.4. The highest BCUT2D eigenvalue weighted by atomic mass is 32.2. The molecule has 0 unspecified atom stereocenters. The molecule has 9 nitrogen and oxygen atoms in total. The molecule has 0 saturated carbocycles. The normalized spacial score (nSPS) is 18.0. The molecule has 5 amide bonds. The van der Waals surface area contributed by atoms with Crippen molar-refractivity contribution in [3.8, 4) is 0 Å². The first-order chi connectivity index (χ1) is 13.4. The molecule has 0 spiro atoms. The standard InChI is InChI=1S/C18H19N3O6S/c1-10(14(22)20-8-7-19-18(20)26)27-17(25)13(9-28-2)21-15(23)11-5-3-4-6-12(11)16(21)24/h3-6,10,13H,7-9H2,1-2H3,(H,19,26)/t10-,13+/m1/s1. The SMILES string of the molecule is CSC[C@@H](C(=O)O[C@H](C)C(=O)N1CCNC1=O)N1C(=O)c2ccccc2C1=O. The predicted molar refractivity (Wildman–Crippen MR) is 99.8 cm³/mol. The Morgan fingerprint density at radius 3 is 2.29 bits per heavy atom. The lowest BCUT2D eigenvalue weighted by Crippen LogP contribution is -2.49. The third-order valence-corrected chi connectivity index (χ3v) is 5.15. The summed E-state index contributed by atoms with van der Waals surface area (Å²) in [6.07, 6.45) is 0.498. The minimum atomic E-state index is -1.23. The number of rotatable bonds is 6. The quantitative estimate of drug-likeness (QED) is 0.541. The van der Waals surface area contributed by atoms with Crippen LogP contribution in [-0.4, -0.2) is 76.8 Å². The fraction of sp³-hybridized carbons (Fsp3) is 0.389. The molecule has 3 rings (SSSR count). The molecule has 28 heavy (non-hydrogen) atoms. The molecule has 2 aliphatic heterocycles. The number of fused-ring (bicyclic) bond motifs is 1. The second-order valence-electron chi connectivity index (χ2n) is 6.30. The Morgan fingerprint density at radius 2 is 1.79 bits per heavy atom. The first-order valence-electron chi connectivity index (χ1n) is 8.62. The number of carbonyl (C=O) groups is 5. The largest absolute Gasteiger partial charge is 0.451 e. The minimum Gasteiger partial charge on any atom is -0.451 e. The predicted octanol–water partition coefficient (Wildman–Crippen LogP) is 0.498. The lowest BCUT2D eigenvalue weighted by molar-refractivity contribution is -0.160. The van der Waals surface area contributed by atoms with Gasteiger partial charge in [0.15, 0.2) is 6.10 Å². The molecule has 0 radical (unpaired) electrons. The van der Waals surface area contributed by atoms with Gasteiger partial charge in [0, 0.05) is 18.8 Å². The lowest BCUT2D eigenvalue weighted by atomic mass is 10.1. The zero-order valence-corrected chi connectivity index (χ0v) is 16.2. The molecule has 1 N–H and O–H groups in total. The number of urea groups is 1. The zero-order valence-electron chi connectivity index (χ0n) is 15.3. The van der Waals surface area contributed by atoms with Crippen molar-refractivity contribution in [2.24, 2.45) is 0 Å². The Kier molecular flexibility index (Phi) is 5.68. The van der Waals surface area contributed by atoms with Crippen LogP contribution >= 0.6 is 11.8 Å². The Labute approximate surface area is 165 Å². The highest BCUT2D eigenvalue weighted by Gasteiger charge is 2.44. The number of amides is 5. The summed E-state index contributed by atoms with van der Waals surface area (Å²) in [6.45, 7) is 1.87. The third-order valence-electron chi connectivity index (χ3n) is 4.50. The van der Waals surface area contributed by atoms with Gasteiger partial charge in [-0.2, -0.15) is 11.8 Å². The van der Waals surface area contributed by atoms with Gasteiger partial charge in [-0.25, -0.2) is 9.59 Å². The molecule has 1 aromatic rings. The molecule has 10 heteroatoms. The molecular weight excluding hydrogens is 386 g/mol. The molecule has 2 heterocycles. The number of ether oxygens (including phenoxy) is 1. The monoisotopic (exact) mass is 405 g/mol. The number of hydrogen-bond acceptors (Lipinski definition) is 7. The Hall–Kier alpha value is -2.88. The van der Waals surface area contributed by atoms with Crippen molar-refractivity contribution < 1.29 is 28.7 Å². The van der Waals surface area contributed by atoms with Crippen molar-refractivity contribution in [2.75, 3.05) is 25.1 Å². The Morgan fingerprint density at radius 1 is 1.18 bits per heavy atom. The first-order valence-corrected chi connectivity index (χ1v) is 10.0. The van der Waals surface area contributed by atoms with Gasteiger partial charge in [-0.1, -0.05) is 12.1 Å². The second kappa shape index (κ2) is 8.01. The van der Waals surface area contributed by atoms with Crippen molar-refractivity contribution in [3.05, 3.63) is 35.4 Å². The van der Waals surface area contributed by atoms with Crippen LogP contribution in [0.5, 0.6) is 0 Å². The summed E-state index contributed by atoms with van der Waals surface area (Å²) in [5.74, 6) is -2.56. The maximum atomic E-state index is 12.7. The molecule has 1 fully saturated rings. The van der Waals surface area contributed by atoms with Crippen LogP contribution in [0.15, 0.2) is 24.3 Å². The molecule has 0 bridgehead atoms. The van der Waals surface area contributed by atoms with E-state index in [1.165, 1.54) is 30.8 Å². The number of carbonyl (C=O) groups excluding carboxylic acids is 5. The van der Waals surface area contributed by atoms with Crippen molar-refractivity contribution in [1.29, 1.82) is 0 Å². The fourth-order valence-electron chi connectivity index (χ4n) is 3.10. The number of imide groups is 2. The minimum absolute atomic E-state index is 0.120. The molecule has 2 aliphatic rings. The molecule has 2 atom stereocenters. The van der Waals surface area contributed by atoms with Crippen LogP contribution in [0.2, 0.25) is 0 Å². The van der Waals surface area contributed by atoms with E-state index >= 15 is 0 Å². The van der Waals surface area contributed by atoms with Crippen LogP contribution in [0.1, 0.15) is 27.6 Å². The number of esters is 1. The number of hydrogen-bond donors (Lipinski definition) is 1. The summed E-state index contributed by atoms with van der Waals surface area (Å²) < 4.78 is 5.23. The summed E-state index contributed by atoms with van der Waals surface area (Å²) in [5.41, 5.74) is 0.452. The van der Waals surface area contributed by atoms with Crippen molar-refractivity contribution in [2.45, 2.75) is 19.1 Å². The van der Waals surface area contributed by atoms with E-state index in [0.29, 0.717) is 6.54 Å². The van der Waals surface area contributed by atoms with E-state index in [2.05, 4.69) is 5.32 Å². The maximum Gasteiger partial charge on any atom is 0.331 e. The number of nitrogens with zero attached hydrogens (tertiary/aromatic N) is 2. The van der Waals surface area contributed by atoms with Gasteiger partial charge in [-0.3, -0.25) is 24.2 Å². The van der Waals surface area contributed by atoms with E-state index in [1.807, 2.05) is 0 Å². The summed E-state index contributed by atoms with van der Waals surface area (Å²) in [4.78, 5) is 63.8. The molecule has 0 aliphatic carbocycles. The molecule has 0 aromatic heterocycles. The number of thioether (sulfide) groups is 1. The third kappa shape index (κ3) is 3.47. The van der Waals surface area contributed by atoms with Gasteiger partial charge in [0.2, 0.25) is 0 Å². The van der Waals surface area contributed by atoms with Gasteiger partial charge in [-0.05, 0) is 25.3 Å². The van der Waals surface area contributed by atoms with E-state index in [1.54, 1.807) is 18.4 Å². The van der Waals surface area contributed by atoms with Crippen LogP contribution in [-0.2, 0) is 14.3 Å². The highest BCUT2D eigenvalue weighted by Crippen LogP contribution is 2.26. The van der Waals surface area contributed by atoms with Crippen LogP contribution in [0, 0.1) is 0 Å². The van der Waals surface area contributed by atoms with E-state index in [4.69, 9.17) is 4.74 Å². The summed E-state index contributed by atoms with van der Waals surface area (Å²) in [6, 6.07) is 4.60. The van der Waals surface area contributed by atoms with E-state index in [0.717, 1.165) is 9.80 Å². The van der Waals surface area contributed by atoms with Crippen molar-refractivity contribution in [3.63, 3.8) is 0 Å². The van der Waals surface area contributed by atoms with Crippen LogP contribution in [0.25, 0.3) is 0 Å². The maximum absolute atomic E-state index is 12.7. The second-order valence-corrected chi connectivity index (χ2v) is 7.21. The Bertz CT molecular complexity index is 822.